The van der Waals surface area contributed by atoms with Crippen LogP contribution < -0.4 is 0 Å². The smallest absolute Gasteiger partial charge is 0.374 e. The Kier molecular flexibility index (Phi) is 3.68. The quantitative estimate of drug-likeness (QED) is 0.689. The molecule has 1 heterocycles. The lowest BCUT2D eigenvalue weighted by Gasteiger charge is -2.08. The number of esters is 1. The van der Waals surface area contributed by atoms with Gasteiger partial charge in [-0.25, -0.2) is 9.78 Å². The van der Waals surface area contributed by atoms with Gasteiger partial charge in [0.05, 0.1) is 6.61 Å². The molecule has 0 atom stereocenters. The molecule has 0 radical (unpaired) electrons. The molecule has 0 aliphatic carbocycles. The average molecular weight is 196 g/mol. The summed E-state index contributed by atoms with van der Waals surface area (Å²) in [7, 11) is 0. The van der Waals surface area contributed by atoms with Gasteiger partial charge in [0.2, 0.25) is 5.82 Å². The Morgan fingerprint density at radius 1 is 1.64 bits per heavy atom. The molecule has 4 heteroatoms. The van der Waals surface area contributed by atoms with Gasteiger partial charge in [-0.15, -0.1) is 0 Å². The standard InChI is InChI=1S/C10H16N2O2/c1-4-14-10(13)9-11-5-6-12(9)7-8(2)3/h5-6,8H,4,7H2,1-3H3. The average Bonchev–Trinajstić information content (AvgIpc) is 2.51. The first-order valence-corrected chi connectivity index (χ1v) is 4.83. The Balaban J connectivity index is 2.76. The van der Waals surface area contributed by atoms with Crippen LogP contribution in [0.3, 0.4) is 0 Å². The van der Waals surface area contributed by atoms with Crippen molar-refractivity contribution < 1.29 is 9.53 Å². The van der Waals surface area contributed by atoms with Gasteiger partial charge in [-0.1, -0.05) is 13.8 Å². The van der Waals surface area contributed by atoms with Crippen LogP contribution in [-0.4, -0.2) is 22.1 Å². The maximum atomic E-state index is 11.4. The van der Waals surface area contributed by atoms with E-state index in [1.54, 1.807) is 19.3 Å². The number of rotatable bonds is 4. The van der Waals surface area contributed by atoms with E-state index in [1.807, 2.05) is 4.57 Å². The lowest BCUT2D eigenvalue weighted by Crippen LogP contribution is -2.15. The van der Waals surface area contributed by atoms with Crippen molar-refractivity contribution in [3.63, 3.8) is 0 Å². The normalized spacial score (nSPS) is 10.6. The molecule has 0 saturated heterocycles. The molecule has 14 heavy (non-hydrogen) atoms. The van der Waals surface area contributed by atoms with Gasteiger partial charge in [-0.3, -0.25) is 0 Å². The highest BCUT2D eigenvalue weighted by Crippen LogP contribution is 2.04. The molecule has 0 aliphatic heterocycles. The molecule has 1 aromatic heterocycles. The maximum Gasteiger partial charge on any atom is 0.374 e. The van der Waals surface area contributed by atoms with Crippen LogP contribution in [0.2, 0.25) is 0 Å². The molecule has 0 bridgehead atoms. The van der Waals surface area contributed by atoms with Crippen LogP contribution in [0, 0.1) is 5.92 Å². The number of nitrogens with zero attached hydrogens (tertiary/aromatic N) is 2. The predicted molar refractivity (Wildman–Crippen MR) is 53.0 cm³/mol. The summed E-state index contributed by atoms with van der Waals surface area (Å²) < 4.78 is 6.71. The monoisotopic (exact) mass is 196 g/mol. The van der Waals surface area contributed by atoms with E-state index in [-0.39, 0.29) is 5.97 Å². The van der Waals surface area contributed by atoms with Crippen LogP contribution in [0.1, 0.15) is 31.4 Å². The number of carbonyl (C=O) groups excluding carboxylic acids is 1. The van der Waals surface area contributed by atoms with Crippen molar-refractivity contribution in [3.05, 3.63) is 18.2 Å². The lowest BCUT2D eigenvalue weighted by atomic mass is 10.2. The number of hydrogen-bond donors (Lipinski definition) is 0. The van der Waals surface area contributed by atoms with Crippen molar-refractivity contribution >= 4 is 5.97 Å². The molecule has 0 aliphatic rings. The zero-order chi connectivity index (χ0) is 10.6. The minimum absolute atomic E-state index is 0.349. The largest absolute Gasteiger partial charge is 0.460 e. The second-order valence-corrected chi connectivity index (χ2v) is 3.52. The van der Waals surface area contributed by atoms with Crippen LogP contribution in [-0.2, 0) is 11.3 Å². The fraction of sp³-hybridized carbons (Fsp3) is 0.600. The van der Waals surface area contributed by atoms with Crippen LogP contribution in [0.4, 0.5) is 0 Å². The topological polar surface area (TPSA) is 44.1 Å². The minimum atomic E-state index is -0.349. The van der Waals surface area contributed by atoms with Gasteiger partial charge in [-0.2, -0.15) is 0 Å². The molecule has 1 aromatic rings. The molecule has 4 nitrogen and oxygen atoms in total. The summed E-state index contributed by atoms with van der Waals surface area (Å²) in [6, 6.07) is 0. The van der Waals surface area contributed by atoms with E-state index in [0.717, 1.165) is 6.54 Å². The number of carbonyl (C=O) groups is 1. The third-order valence-corrected chi connectivity index (χ3v) is 1.74. The highest BCUT2D eigenvalue weighted by atomic mass is 16.5. The molecular formula is C10H16N2O2. The Morgan fingerprint density at radius 3 is 2.93 bits per heavy atom. The Labute approximate surface area is 83.9 Å². The van der Waals surface area contributed by atoms with E-state index in [0.29, 0.717) is 18.3 Å². The van der Waals surface area contributed by atoms with Crippen molar-refractivity contribution in [1.29, 1.82) is 0 Å². The Bertz CT molecular complexity index is 305. The van der Waals surface area contributed by atoms with Gasteiger partial charge in [-0.05, 0) is 12.8 Å². The Morgan fingerprint density at radius 2 is 2.36 bits per heavy atom. The number of imidazole rings is 1. The molecule has 0 saturated carbocycles. The van der Waals surface area contributed by atoms with Gasteiger partial charge in [0.25, 0.3) is 0 Å². The van der Waals surface area contributed by atoms with E-state index in [1.165, 1.54) is 0 Å². The molecule has 0 unspecified atom stereocenters. The van der Waals surface area contributed by atoms with Gasteiger partial charge in [0.1, 0.15) is 0 Å². The molecule has 0 aromatic carbocycles. The Hall–Kier alpha value is -1.32. The zero-order valence-corrected chi connectivity index (χ0v) is 8.86. The predicted octanol–water partition coefficient (Wildman–Crippen LogP) is 1.72. The number of aromatic nitrogens is 2. The van der Waals surface area contributed by atoms with Gasteiger partial charge in [0.15, 0.2) is 0 Å². The second-order valence-electron chi connectivity index (χ2n) is 3.52. The molecule has 0 fully saturated rings. The summed E-state index contributed by atoms with van der Waals surface area (Å²) in [6.07, 6.45) is 3.42. The van der Waals surface area contributed by atoms with Gasteiger partial charge in [0, 0.05) is 18.9 Å². The van der Waals surface area contributed by atoms with Crippen LogP contribution >= 0.6 is 0 Å². The third kappa shape index (κ3) is 2.58. The SMILES string of the molecule is CCOC(=O)c1nccn1CC(C)C. The lowest BCUT2D eigenvalue weighted by molar-refractivity contribution is 0.0505. The molecule has 0 spiro atoms. The first-order chi connectivity index (χ1) is 6.65. The van der Waals surface area contributed by atoms with E-state index in [4.69, 9.17) is 4.74 Å². The fourth-order valence-electron chi connectivity index (χ4n) is 1.24. The second kappa shape index (κ2) is 4.79. The van der Waals surface area contributed by atoms with Crippen molar-refractivity contribution in [2.75, 3.05) is 6.61 Å². The molecule has 78 valence electrons. The summed E-state index contributed by atoms with van der Waals surface area (Å²) >= 11 is 0. The van der Waals surface area contributed by atoms with Crippen LogP contribution in [0.25, 0.3) is 0 Å². The van der Waals surface area contributed by atoms with Crippen LogP contribution in [0.15, 0.2) is 12.4 Å². The zero-order valence-electron chi connectivity index (χ0n) is 8.86. The number of hydrogen-bond acceptors (Lipinski definition) is 3. The van der Waals surface area contributed by atoms with Crippen molar-refractivity contribution in [1.82, 2.24) is 9.55 Å². The van der Waals surface area contributed by atoms with E-state index < -0.39 is 0 Å². The molecule has 0 N–H and O–H groups in total. The van der Waals surface area contributed by atoms with Crippen molar-refractivity contribution in [2.45, 2.75) is 27.3 Å². The summed E-state index contributed by atoms with van der Waals surface area (Å²) in [5.41, 5.74) is 0. The van der Waals surface area contributed by atoms with E-state index in [9.17, 15) is 4.79 Å². The van der Waals surface area contributed by atoms with Gasteiger partial charge < -0.3 is 9.30 Å². The minimum Gasteiger partial charge on any atom is -0.460 e. The summed E-state index contributed by atoms with van der Waals surface area (Å²) in [5.74, 6) is 0.524. The van der Waals surface area contributed by atoms with Crippen LogP contribution in [0.5, 0.6) is 0 Å². The van der Waals surface area contributed by atoms with Gasteiger partial charge >= 0.3 is 5.97 Å². The third-order valence-electron chi connectivity index (χ3n) is 1.74. The summed E-state index contributed by atoms with van der Waals surface area (Å²) in [5, 5.41) is 0. The number of ether oxygens (including phenoxy) is 1. The molecule has 0 amide bonds. The molecular weight excluding hydrogens is 180 g/mol. The summed E-state index contributed by atoms with van der Waals surface area (Å²) in [4.78, 5) is 15.4. The first kappa shape index (κ1) is 10.8. The fourth-order valence-corrected chi connectivity index (χ4v) is 1.24. The van der Waals surface area contributed by atoms with Crippen molar-refractivity contribution in [3.8, 4) is 0 Å². The summed E-state index contributed by atoms with van der Waals surface area (Å²) in [6.45, 7) is 7.14. The first-order valence-electron chi connectivity index (χ1n) is 4.83. The maximum absolute atomic E-state index is 11.4. The van der Waals surface area contributed by atoms with E-state index in [2.05, 4.69) is 18.8 Å². The molecule has 1 rings (SSSR count). The van der Waals surface area contributed by atoms with Crippen molar-refractivity contribution in [2.24, 2.45) is 5.92 Å². The van der Waals surface area contributed by atoms with E-state index >= 15 is 0 Å². The highest BCUT2D eigenvalue weighted by Gasteiger charge is 2.13. The highest BCUT2D eigenvalue weighted by molar-refractivity contribution is 5.85.